The van der Waals surface area contributed by atoms with Gasteiger partial charge in [-0.3, -0.25) is 9.69 Å². The summed E-state index contributed by atoms with van der Waals surface area (Å²) in [5.74, 6) is 0.614. The molecule has 0 spiro atoms. The maximum atomic E-state index is 12.3. The van der Waals surface area contributed by atoms with Crippen LogP contribution in [0, 0.1) is 0 Å². The second-order valence-electron chi connectivity index (χ2n) is 6.28. The van der Waals surface area contributed by atoms with Gasteiger partial charge in [0.25, 0.3) is 0 Å². The van der Waals surface area contributed by atoms with Gasteiger partial charge >= 0.3 is 0 Å². The zero-order valence-corrected chi connectivity index (χ0v) is 15.2. The molecule has 3 nitrogen and oxygen atoms in total. The van der Waals surface area contributed by atoms with Gasteiger partial charge in [0, 0.05) is 11.4 Å². The third-order valence-corrected chi connectivity index (χ3v) is 5.01. The van der Waals surface area contributed by atoms with Gasteiger partial charge in [0.1, 0.15) is 0 Å². The number of nitrogens with one attached hydrogen (secondary N) is 1. The molecule has 0 saturated heterocycles. The number of carbonyl (C=O) groups excluding carboxylic acids is 1. The average Bonchev–Trinajstić information content (AvgIpc) is 3.05. The summed E-state index contributed by atoms with van der Waals surface area (Å²) in [6.07, 6.45) is 0. The highest BCUT2D eigenvalue weighted by Crippen LogP contribution is 2.16. The zero-order valence-electron chi connectivity index (χ0n) is 14.4. The summed E-state index contributed by atoms with van der Waals surface area (Å²) in [5.41, 5.74) is 2.58. The van der Waals surface area contributed by atoms with Gasteiger partial charge in [-0.15, -0.1) is 11.3 Å². The average molecular weight is 330 g/mol. The summed E-state index contributed by atoms with van der Waals surface area (Å²) < 4.78 is 0. The van der Waals surface area contributed by atoms with Gasteiger partial charge in [0.2, 0.25) is 5.91 Å². The lowest BCUT2D eigenvalue weighted by Crippen LogP contribution is -2.42. The van der Waals surface area contributed by atoms with E-state index in [1.165, 1.54) is 16.0 Å². The quantitative estimate of drug-likeness (QED) is 0.832. The van der Waals surface area contributed by atoms with Crippen molar-refractivity contribution in [3.05, 3.63) is 57.8 Å². The summed E-state index contributed by atoms with van der Waals surface area (Å²) in [5, 5.41) is 5.03. The first kappa shape index (κ1) is 17.7. The van der Waals surface area contributed by atoms with E-state index in [-0.39, 0.29) is 11.9 Å². The Labute approximate surface area is 143 Å². The Morgan fingerprint density at radius 3 is 2.43 bits per heavy atom. The first-order valence-corrected chi connectivity index (χ1v) is 8.94. The van der Waals surface area contributed by atoms with Crippen molar-refractivity contribution < 1.29 is 4.79 Å². The lowest BCUT2D eigenvalue weighted by atomic mass is 10.0. The number of hydrogen-bond donors (Lipinski definition) is 1. The maximum absolute atomic E-state index is 12.3. The molecule has 1 aromatic heterocycles. The second-order valence-corrected chi connectivity index (χ2v) is 7.32. The molecule has 0 radical (unpaired) electrons. The molecular formula is C19H26N2OS. The molecule has 0 aliphatic heterocycles. The van der Waals surface area contributed by atoms with Gasteiger partial charge in [-0.1, -0.05) is 44.2 Å². The molecule has 1 atom stereocenters. The van der Waals surface area contributed by atoms with Crippen LogP contribution < -0.4 is 5.32 Å². The Kier molecular flexibility index (Phi) is 6.37. The molecule has 2 rings (SSSR count). The molecule has 0 aliphatic rings. The smallest absolute Gasteiger partial charge is 0.237 e. The second kappa shape index (κ2) is 8.27. The van der Waals surface area contributed by atoms with Crippen LogP contribution in [-0.2, 0) is 17.9 Å². The molecule has 23 heavy (non-hydrogen) atoms. The van der Waals surface area contributed by atoms with Crippen molar-refractivity contribution in [1.29, 1.82) is 0 Å². The number of thiophene rings is 1. The summed E-state index contributed by atoms with van der Waals surface area (Å²) in [6.45, 7) is 7.72. The van der Waals surface area contributed by atoms with Crippen LogP contribution in [0.1, 0.15) is 42.7 Å². The van der Waals surface area contributed by atoms with Crippen LogP contribution in [0.3, 0.4) is 0 Å². The lowest BCUT2D eigenvalue weighted by molar-refractivity contribution is -0.125. The van der Waals surface area contributed by atoms with Crippen LogP contribution in [0.15, 0.2) is 41.8 Å². The van der Waals surface area contributed by atoms with E-state index in [4.69, 9.17) is 0 Å². The molecule has 0 aliphatic carbocycles. The van der Waals surface area contributed by atoms with Crippen LogP contribution in [0.5, 0.6) is 0 Å². The van der Waals surface area contributed by atoms with E-state index in [0.29, 0.717) is 12.5 Å². The van der Waals surface area contributed by atoms with Gasteiger partial charge in [0.05, 0.1) is 12.6 Å². The van der Waals surface area contributed by atoms with Crippen molar-refractivity contribution in [2.24, 2.45) is 0 Å². The molecule has 2 aromatic rings. The number of benzene rings is 1. The molecule has 0 saturated carbocycles. The third kappa shape index (κ3) is 5.19. The molecule has 4 heteroatoms. The largest absolute Gasteiger partial charge is 0.350 e. The lowest BCUT2D eigenvalue weighted by Gasteiger charge is -2.24. The van der Waals surface area contributed by atoms with Crippen LogP contribution >= 0.6 is 11.3 Å². The van der Waals surface area contributed by atoms with Crippen LogP contribution in [0.4, 0.5) is 0 Å². The Balaban J connectivity index is 1.85. The van der Waals surface area contributed by atoms with Crippen LogP contribution in [0.2, 0.25) is 0 Å². The van der Waals surface area contributed by atoms with E-state index in [9.17, 15) is 4.79 Å². The van der Waals surface area contributed by atoms with Crippen molar-refractivity contribution in [3.8, 4) is 0 Å². The highest BCUT2D eigenvalue weighted by molar-refractivity contribution is 7.09. The van der Waals surface area contributed by atoms with Gasteiger partial charge in [-0.25, -0.2) is 0 Å². The van der Waals surface area contributed by atoms with E-state index in [1.807, 2.05) is 31.5 Å². The highest BCUT2D eigenvalue weighted by atomic mass is 32.1. The van der Waals surface area contributed by atoms with E-state index in [1.54, 1.807) is 11.3 Å². The van der Waals surface area contributed by atoms with Crippen molar-refractivity contribution in [2.45, 2.75) is 45.8 Å². The fourth-order valence-electron chi connectivity index (χ4n) is 2.37. The Morgan fingerprint density at radius 2 is 1.87 bits per heavy atom. The molecule has 1 aromatic carbocycles. The zero-order chi connectivity index (χ0) is 16.8. The topological polar surface area (TPSA) is 32.3 Å². The first-order chi connectivity index (χ1) is 11.0. The van der Waals surface area contributed by atoms with Gasteiger partial charge in [-0.2, -0.15) is 0 Å². The Hall–Kier alpha value is -1.65. The van der Waals surface area contributed by atoms with Crippen molar-refractivity contribution >= 4 is 17.2 Å². The SMILES string of the molecule is CC(C)c1ccc(CN(C)[C@@H](C)C(=O)NCc2cccs2)cc1. The molecular weight excluding hydrogens is 304 g/mol. The molecule has 1 N–H and O–H groups in total. The first-order valence-electron chi connectivity index (χ1n) is 8.06. The molecule has 0 bridgehead atoms. The van der Waals surface area contributed by atoms with Crippen molar-refractivity contribution in [2.75, 3.05) is 7.05 Å². The van der Waals surface area contributed by atoms with Gasteiger partial charge in [-0.05, 0) is 42.5 Å². The molecule has 124 valence electrons. The minimum absolute atomic E-state index is 0.0692. The number of amides is 1. The number of hydrogen-bond acceptors (Lipinski definition) is 3. The molecule has 0 unspecified atom stereocenters. The summed E-state index contributed by atoms with van der Waals surface area (Å²) in [6, 6.07) is 12.5. The highest BCUT2D eigenvalue weighted by Gasteiger charge is 2.18. The van der Waals surface area contributed by atoms with Gasteiger partial charge in [0.15, 0.2) is 0 Å². The summed E-state index contributed by atoms with van der Waals surface area (Å²) >= 11 is 1.66. The number of carbonyl (C=O) groups is 1. The number of rotatable bonds is 7. The van der Waals surface area contributed by atoms with E-state index in [2.05, 4.69) is 48.3 Å². The predicted octanol–water partition coefficient (Wildman–Crippen LogP) is 4.01. The standard InChI is InChI=1S/C19H26N2OS/c1-14(2)17-9-7-16(8-10-17)13-21(4)15(3)19(22)20-12-18-6-5-11-23-18/h5-11,14-15H,12-13H2,1-4H3,(H,20,22)/t15-/m0/s1. The van der Waals surface area contributed by atoms with Gasteiger partial charge < -0.3 is 5.32 Å². The maximum Gasteiger partial charge on any atom is 0.237 e. The minimum Gasteiger partial charge on any atom is -0.350 e. The fraction of sp³-hybridized carbons (Fsp3) is 0.421. The van der Waals surface area contributed by atoms with E-state index in [0.717, 1.165) is 6.54 Å². The normalized spacial score (nSPS) is 12.6. The fourth-order valence-corrected chi connectivity index (χ4v) is 3.01. The number of nitrogens with zero attached hydrogens (tertiary/aromatic N) is 1. The minimum atomic E-state index is -0.153. The molecule has 1 heterocycles. The van der Waals surface area contributed by atoms with Crippen LogP contribution in [-0.4, -0.2) is 23.9 Å². The van der Waals surface area contributed by atoms with Crippen LogP contribution in [0.25, 0.3) is 0 Å². The van der Waals surface area contributed by atoms with E-state index < -0.39 is 0 Å². The summed E-state index contributed by atoms with van der Waals surface area (Å²) in [4.78, 5) is 15.5. The predicted molar refractivity (Wildman–Crippen MR) is 97.6 cm³/mol. The third-order valence-electron chi connectivity index (χ3n) is 4.14. The molecule has 0 fully saturated rings. The Morgan fingerprint density at radius 1 is 1.17 bits per heavy atom. The monoisotopic (exact) mass is 330 g/mol. The Bertz CT molecular complexity index is 605. The number of likely N-dealkylation sites (N-methyl/N-ethyl adjacent to an activating group) is 1. The summed E-state index contributed by atoms with van der Waals surface area (Å²) in [7, 11) is 1.99. The molecule has 1 amide bonds. The van der Waals surface area contributed by atoms with Crippen molar-refractivity contribution in [1.82, 2.24) is 10.2 Å². The van der Waals surface area contributed by atoms with E-state index >= 15 is 0 Å². The van der Waals surface area contributed by atoms with Crippen molar-refractivity contribution in [3.63, 3.8) is 0 Å².